The molecule has 364 valence electrons. The van der Waals surface area contributed by atoms with Gasteiger partial charge in [-0.15, -0.1) is 11.3 Å². The molecule has 3 amide bonds. The number of alkyl halides is 3. The van der Waals surface area contributed by atoms with Gasteiger partial charge in [-0.3, -0.25) is 23.7 Å². The van der Waals surface area contributed by atoms with Gasteiger partial charge in [0.1, 0.15) is 23.9 Å². The van der Waals surface area contributed by atoms with Gasteiger partial charge < -0.3 is 29.3 Å². The lowest BCUT2D eigenvalue weighted by atomic mass is 9.93. The summed E-state index contributed by atoms with van der Waals surface area (Å²) in [7, 11) is -2.64. The van der Waals surface area contributed by atoms with Gasteiger partial charge in [0.25, 0.3) is 5.91 Å². The predicted molar refractivity (Wildman–Crippen MR) is 255 cm³/mol. The van der Waals surface area contributed by atoms with E-state index >= 15 is 8.96 Å². The van der Waals surface area contributed by atoms with Crippen LogP contribution in [0.15, 0.2) is 84.9 Å². The van der Waals surface area contributed by atoms with E-state index < -0.39 is 49.9 Å². The summed E-state index contributed by atoms with van der Waals surface area (Å²) in [6.45, 7) is 2.95. The molecule has 9 rings (SSSR count). The summed E-state index contributed by atoms with van der Waals surface area (Å²) >= 11 is 1.16. The van der Waals surface area contributed by atoms with Crippen molar-refractivity contribution < 1.29 is 46.2 Å². The van der Waals surface area contributed by atoms with E-state index in [1.165, 1.54) is 22.4 Å². The predicted octanol–water partition coefficient (Wildman–Crippen LogP) is 9.71. The summed E-state index contributed by atoms with van der Waals surface area (Å²) in [5, 5.41) is 3.52. The molecule has 1 aliphatic carbocycles. The molecule has 3 aromatic carbocycles. The molecule has 0 radical (unpaired) electrons. The molecule has 4 saturated heterocycles. The van der Waals surface area contributed by atoms with E-state index in [0.29, 0.717) is 61.6 Å². The first kappa shape index (κ1) is 48.3. The molecular weight excluding hydrogens is 915 g/mol. The number of fused-ring (bicyclic) bond motifs is 2. The molecular formula is C51H61F3N5O7PS. The van der Waals surface area contributed by atoms with Gasteiger partial charge >= 0.3 is 13.5 Å². The second kappa shape index (κ2) is 20.3. The number of hydrogen-bond acceptors (Lipinski definition) is 9. The van der Waals surface area contributed by atoms with Crippen LogP contribution in [-0.4, -0.2) is 119 Å². The lowest BCUT2D eigenvalue weighted by Gasteiger charge is -2.41. The van der Waals surface area contributed by atoms with Gasteiger partial charge in [0.05, 0.1) is 11.5 Å². The first-order valence-electron chi connectivity index (χ1n) is 24.2. The Morgan fingerprint density at radius 1 is 0.941 bits per heavy atom. The molecule has 1 aromatic heterocycles. The molecule has 0 unspecified atom stereocenters. The Hall–Kier alpha value is -4.76. The molecule has 1 spiro atoms. The van der Waals surface area contributed by atoms with Crippen molar-refractivity contribution in [1.29, 1.82) is 0 Å². The molecule has 1 saturated carbocycles. The van der Waals surface area contributed by atoms with Gasteiger partial charge in [0.15, 0.2) is 0 Å². The molecule has 5 fully saturated rings. The van der Waals surface area contributed by atoms with E-state index in [4.69, 9.17) is 9.26 Å². The highest BCUT2D eigenvalue weighted by Crippen LogP contribution is 2.65. The van der Waals surface area contributed by atoms with E-state index in [-0.39, 0.29) is 84.1 Å². The Morgan fingerprint density at radius 2 is 1.69 bits per heavy atom. The van der Waals surface area contributed by atoms with Crippen molar-refractivity contribution in [3.8, 4) is 5.75 Å². The van der Waals surface area contributed by atoms with Crippen LogP contribution in [0, 0.1) is 0 Å². The van der Waals surface area contributed by atoms with E-state index in [1.54, 1.807) is 47.4 Å². The molecule has 1 N–H and O–H groups in total. The maximum atomic E-state index is 17.2. The average molecular weight is 976 g/mol. The quantitative estimate of drug-likeness (QED) is 0.0863. The fourth-order valence-corrected chi connectivity index (χ4v) is 14.5. The zero-order valence-electron chi connectivity index (χ0n) is 38.7. The minimum Gasteiger partial charge on any atom is -0.465 e. The van der Waals surface area contributed by atoms with E-state index in [1.807, 2.05) is 42.0 Å². The highest BCUT2D eigenvalue weighted by Gasteiger charge is 2.59. The molecule has 68 heavy (non-hydrogen) atoms. The summed E-state index contributed by atoms with van der Waals surface area (Å²) < 4.78 is 72.5. The molecule has 4 aromatic rings. The normalized spacial score (nSPS) is 26.1. The maximum absolute atomic E-state index is 17.2. The van der Waals surface area contributed by atoms with Gasteiger partial charge in [-0.2, -0.15) is 0 Å². The van der Waals surface area contributed by atoms with Crippen molar-refractivity contribution >= 4 is 52.6 Å². The first-order valence-corrected chi connectivity index (χ1v) is 26.7. The molecule has 5 aliphatic rings. The Bertz CT molecular complexity index is 2510. The summed E-state index contributed by atoms with van der Waals surface area (Å²) in [6.07, 6.45) is 3.69. The number of nitrogens with zero attached hydrogens (tertiary/aromatic N) is 4. The number of carbonyl (C=O) groups is 4. The standard InChI is InChI=1S/C51H61F3N5O7PS/c1-3-27-65-50(63)42-15-10-25-58(42)67(64,66-39-13-8-5-9-14-39)46(54)34-16-21-43-35(28-34)29-44(68-43)47(60)55-40-19-17-37(56(2)26-22-45(52)53)30-38-18-20-41(59(38)48(40)61)49(62)57-32-36(31-51(57)23-24-51)33-11-6-4-7-12-33/h4-9,11-14,16,21,28-29,36-38,40-42,45-46H,3,10,15,17-20,22-27,30-32H2,1-2H3,(H,55,60)/t36-,37+,38-,40+,41+,42+,46-,67-/m1/s1. The van der Waals surface area contributed by atoms with Gasteiger partial charge in [-0.25, -0.2) is 17.8 Å². The average Bonchev–Trinajstić information content (AvgIpc) is 3.77. The Balaban J connectivity index is 0.963. The molecule has 4 aliphatic heterocycles. The Morgan fingerprint density at radius 3 is 2.41 bits per heavy atom. The zero-order valence-corrected chi connectivity index (χ0v) is 40.4. The zero-order chi connectivity index (χ0) is 47.7. The number of carbonyl (C=O) groups excluding carboxylic acids is 4. The second-order valence-electron chi connectivity index (χ2n) is 19.3. The summed E-state index contributed by atoms with van der Waals surface area (Å²) in [4.78, 5) is 63.1. The number of amides is 3. The molecule has 17 heteroatoms. The van der Waals surface area contributed by atoms with Crippen LogP contribution >= 0.6 is 18.9 Å². The lowest BCUT2D eigenvalue weighted by Crippen LogP contribution is -2.59. The van der Waals surface area contributed by atoms with Crippen molar-refractivity contribution in [2.45, 2.75) is 138 Å². The van der Waals surface area contributed by atoms with Crippen molar-refractivity contribution in [2.24, 2.45) is 0 Å². The number of halogens is 3. The number of nitrogens with one attached hydrogen (secondary N) is 1. The monoisotopic (exact) mass is 975 g/mol. The smallest absolute Gasteiger partial charge is 0.358 e. The molecule has 5 heterocycles. The van der Waals surface area contributed by atoms with Gasteiger partial charge in [0.2, 0.25) is 24.2 Å². The minimum absolute atomic E-state index is 0.0446. The lowest BCUT2D eigenvalue weighted by molar-refractivity contribution is -0.148. The second-order valence-corrected chi connectivity index (χ2v) is 22.7. The van der Waals surface area contributed by atoms with Gasteiger partial charge in [-0.1, -0.05) is 61.5 Å². The maximum Gasteiger partial charge on any atom is 0.358 e. The molecule has 8 atom stereocenters. The van der Waals surface area contributed by atoms with Gasteiger partial charge in [0, 0.05) is 54.3 Å². The Labute approximate surface area is 400 Å². The number of rotatable bonds is 16. The van der Waals surface area contributed by atoms with E-state index in [0.717, 1.165) is 30.6 Å². The van der Waals surface area contributed by atoms with Crippen molar-refractivity contribution in [3.63, 3.8) is 0 Å². The van der Waals surface area contributed by atoms with Crippen LogP contribution in [0.25, 0.3) is 10.1 Å². The van der Waals surface area contributed by atoms with Crippen LogP contribution in [-0.2, 0) is 23.7 Å². The van der Waals surface area contributed by atoms with E-state index in [9.17, 15) is 28.0 Å². The summed E-state index contributed by atoms with van der Waals surface area (Å²) in [5.41, 5.74) is 1.02. The van der Waals surface area contributed by atoms with E-state index in [2.05, 4.69) is 17.4 Å². The largest absolute Gasteiger partial charge is 0.465 e. The van der Waals surface area contributed by atoms with Crippen LogP contribution < -0.4 is 9.84 Å². The number of benzene rings is 3. The van der Waals surface area contributed by atoms with Crippen LogP contribution in [0.4, 0.5) is 13.2 Å². The molecule has 12 nitrogen and oxygen atoms in total. The molecule has 0 bridgehead atoms. The third-order valence-corrected chi connectivity index (χ3v) is 18.5. The van der Waals surface area contributed by atoms with Crippen molar-refractivity contribution in [3.05, 3.63) is 101 Å². The van der Waals surface area contributed by atoms with Crippen molar-refractivity contribution in [2.75, 3.05) is 33.3 Å². The van der Waals surface area contributed by atoms with Crippen LogP contribution in [0.1, 0.15) is 117 Å². The number of para-hydroxylation sites is 1. The summed E-state index contributed by atoms with van der Waals surface area (Å²) in [6, 6.07) is 21.7. The highest BCUT2D eigenvalue weighted by atomic mass is 32.1. The third kappa shape index (κ3) is 9.85. The summed E-state index contributed by atoms with van der Waals surface area (Å²) in [5.74, 6) is -3.27. The Kier molecular flexibility index (Phi) is 14.4. The SMILES string of the molecule is CCCOC(=O)[C@@H]1CCCN1[P@](=O)(Oc1ccccc1)[C@@H](F)c1ccc2sc(C(=O)N[C@H]3CC[C@H](N(C)CCC(F)F)C[C@H]4CC[C@@H](C(=O)N5C[C@H](c6ccccc6)CC56CC6)N4C3=O)cc2c1. The van der Waals surface area contributed by atoms with Crippen molar-refractivity contribution in [1.82, 2.24) is 24.7 Å². The number of ether oxygens (including phenoxy) is 1. The highest BCUT2D eigenvalue weighted by molar-refractivity contribution is 7.57. The van der Waals surface area contributed by atoms with Gasteiger partial charge in [-0.05, 0) is 125 Å². The van der Waals surface area contributed by atoms with Crippen LogP contribution in [0.5, 0.6) is 5.75 Å². The number of esters is 1. The first-order chi connectivity index (χ1) is 32.8. The number of thiophene rings is 1. The number of hydrogen-bond donors (Lipinski definition) is 1. The van der Waals surface area contributed by atoms with Crippen LogP contribution in [0.2, 0.25) is 0 Å². The topological polar surface area (TPSA) is 129 Å². The fraction of sp³-hybridized carbons (Fsp3) is 0.529. The fourth-order valence-electron chi connectivity index (χ4n) is 11.1. The number of likely N-dealkylation sites (tertiary alicyclic amines) is 1. The van der Waals surface area contributed by atoms with Crippen LogP contribution in [0.3, 0.4) is 0 Å². The third-order valence-electron chi connectivity index (χ3n) is 14.9. The minimum atomic E-state index is -4.46.